The molecule has 0 radical (unpaired) electrons. The van der Waals surface area contributed by atoms with Crippen LogP contribution in [0.2, 0.25) is 0 Å². The number of carbonyl (C=O) groups excluding carboxylic acids is 1. The summed E-state index contributed by atoms with van der Waals surface area (Å²) in [5.41, 5.74) is 0.709. The Balaban J connectivity index is 1.83. The number of rotatable bonds is 6. The molecule has 0 fully saturated rings. The van der Waals surface area contributed by atoms with E-state index in [1.165, 1.54) is 0 Å². The van der Waals surface area contributed by atoms with Gasteiger partial charge in [0.1, 0.15) is 5.82 Å². The number of nitrogens with zero attached hydrogens (tertiary/aromatic N) is 2. The molecule has 0 unspecified atom stereocenters. The minimum Gasteiger partial charge on any atom is -0.383 e. The molecular weight excluding hydrogens is 270 g/mol. The lowest BCUT2D eigenvalue weighted by molar-refractivity contribution is 0.210. The molecule has 7 nitrogen and oxygen atoms in total. The second kappa shape index (κ2) is 7.81. The van der Waals surface area contributed by atoms with Gasteiger partial charge in [0.15, 0.2) is 5.82 Å². The van der Waals surface area contributed by atoms with Crippen molar-refractivity contribution in [2.75, 3.05) is 36.2 Å². The molecule has 0 spiro atoms. The largest absolute Gasteiger partial charge is 0.383 e. The maximum Gasteiger partial charge on any atom is 0.324 e. The summed E-state index contributed by atoms with van der Waals surface area (Å²) >= 11 is 0. The molecule has 1 aromatic heterocycles. The first-order valence-corrected chi connectivity index (χ1v) is 6.47. The van der Waals surface area contributed by atoms with Crippen LogP contribution in [0.15, 0.2) is 42.5 Å². The van der Waals surface area contributed by atoms with Gasteiger partial charge in [-0.1, -0.05) is 18.2 Å². The Morgan fingerprint density at radius 1 is 1.05 bits per heavy atom. The predicted molar refractivity (Wildman–Crippen MR) is 81.5 cm³/mol. The maximum atomic E-state index is 11.8. The highest BCUT2D eigenvalue weighted by Gasteiger charge is 2.04. The SMILES string of the molecule is COCCNc1ccc(NC(=O)Nc2ccccc2)nn1. The molecule has 0 saturated carbocycles. The molecule has 2 amide bonds. The summed E-state index contributed by atoms with van der Waals surface area (Å²) in [5.74, 6) is 1.00. The maximum absolute atomic E-state index is 11.8. The Labute approximate surface area is 122 Å². The topological polar surface area (TPSA) is 88.2 Å². The summed E-state index contributed by atoms with van der Waals surface area (Å²) < 4.78 is 4.92. The summed E-state index contributed by atoms with van der Waals surface area (Å²) in [6.07, 6.45) is 0. The number of carbonyl (C=O) groups is 1. The second-order valence-corrected chi connectivity index (χ2v) is 4.17. The Morgan fingerprint density at radius 3 is 2.43 bits per heavy atom. The van der Waals surface area contributed by atoms with Crippen LogP contribution >= 0.6 is 0 Å². The number of amides is 2. The third-order valence-corrected chi connectivity index (χ3v) is 2.55. The minimum absolute atomic E-state index is 0.365. The van der Waals surface area contributed by atoms with Crippen LogP contribution in [0, 0.1) is 0 Å². The lowest BCUT2D eigenvalue weighted by Crippen LogP contribution is -2.20. The van der Waals surface area contributed by atoms with E-state index in [0.29, 0.717) is 30.5 Å². The van der Waals surface area contributed by atoms with Gasteiger partial charge in [-0.2, -0.15) is 0 Å². The average molecular weight is 287 g/mol. The number of hydrogen-bond donors (Lipinski definition) is 3. The van der Waals surface area contributed by atoms with Crippen molar-refractivity contribution >= 4 is 23.4 Å². The molecule has 7 heteroatoms. The van der Waals surface area contributed by atoms with Gasteiger partial charge in [0.2, 0.25) is 0 Å². The number of anilines is 3. The van der Waals surface area contributed by atoms with Gasteiger partial charge in [-0.25, -0.2) is 4.79 Å². The molecule has 21 heavy (non-hydrogen) atoms. The Hall–Kier alpha value is -2.67. The fourth-order valence-electron chi connectivity index (χ4n) is 1.57. The molecule has 0 aliphatic carbocycles. The molecule has 1 aromatic carbocycles. The molecule has 0 aliphatic heterocycles. The first-order chi connectivity index (χ1) is 10.3. The van der Waals surface area contributed by atoms with Crippen LogP contribution in [0.5, 0.6) is 0 Å². The van der Waals surface area contributed by atoms with Crippen molar-refractivity contribution in [2.24, 2.45) is 0 Å². The van der Waals surface area contributed by atoms with Gasteiger partial charge < -0.3 is 15.4 Å². The lowest BCUT2D eigenvalue weighted by atomic mass is 10.3. The highest BCUT2D eigenvalue weighted by atomic mass is 16.5. The number of nitrogens with one attached hydrogen (secondary N) is 3. The number of ether oxygens (including phenoxy) is 1. The number of hydrogen-bond acceptors (Lipinski definition) is 5. The van der Waals surface area contributed by atoms with Crippen LogP contribution < -0.4 is 16.0 Å². The monoisotopic (exact) mass is 287 g/mol. The van der Waals surface area contributed by atoms with E-state index in [2.05, 4.69) is 26.1 Å². The highest BCUT2D eigenvalue weighted by molar-refractivity contribution is 5.99. The van der Waals surface area contributed by atoms with Crippen molar-refractivity contribution in [1.82, 2.24) is 10.2 Å². The zero-order chi connectivity index (χ0) is 14.9. The number of methoxy groups -OCH3 is 1. The number of urea groups is 1. The van der Waals surface area contributed by atoms with Gasteiger partial charge in [0, 0.05) is 19.3 Å². The lowest BCUT2D eigenvalue weighted by Gasteiger charge is -2.07. The zero-order valence-corrected chi connectivity index (χ0v) is 11.7. The van der Waals surface area contributed by atoms with Crippen molar-refractivity contribution in [3.63, 3.8) is 0 Å². The van der Waals surface area contributed by atoms with Crippen molar-refractivity contribution in [1.29, 1.82) is 0 Å². The van der Waals surface area contributed by atoms with Crippen LogP contribution in [-0.4, -0.2) is 36.5 Å². The molecule has 0 bridgehead atoms. The third kappa shape index (κ3) is 5.07. The van der Waals surface area contributed by atoms with Gasteiger partial charge >= 0.3 is 6.03 Å². The van der Waals surface area contributed by atoms with Crippen LogP contribution in [0.25, 0.3) is 0 Å². The Morgan fingerprint density at radius 2 is 1.76 bits per heavy atom. The summed E-state index contributed by atoms with van der Waals surface area (Å²) in [5, 5.41) is 16.2. The summed E-state index contributed by atoms with van der Waals surface area (Å²) in [6.45, 7) is 1.23. The standard InChI is InChI=1S/C14H17N5O2/c1-21-10-9-15-12-7-8-13(19-18-12)17-14(20)16-11-5-3-2-4-6-11/h2-8H,9-10H2,1H3,(H,15,18)(H2,16,17,19,20). The summed E-state index contributed by atoms with van der Waals surface area (Å²) in [6, 6.07) is 12.2. The third-order valence-electron chi connectivity index (χ3n) is 2.55. The number of benzene rings is 1. The van der Waals surface area contributed by atoms with Crippen LogP contribution in [0.3, 0.4) is 0 Å². The van der Waals surface area contributed by atoms with Gasteiger partial charge in [0.05, 0.1) is 6.61 Å². The second-order valence-electron chi connectivity index (χ2n) is 4.17. The van der Waals surface area contributed by atoms with Gasteiger partial charge in [-0.3, -0.25) is 5.32 Å². The van der Waals surface area contributed by atoms with E-state index < -0.39 is 0 Å². The molecule has 0 saturated heterocycles. The van der Waals surface area contributed by atoms with Crippen molar-refractivity contribution < 1.29 is 9.53 Å². The van der Waals surface area contributed by atoms with E-state index in [1.807, 2.05) is 18.2 Å². The van der Waals surface area contributed by atoms with Crippen molar-refractivity contribution in [3.8, 4) is 0 Å². The fraction of sp³-hybridized carbons (Fsp3) is 0.214. The molecule has 110 valence electrons. The number of para-hydroxylation sites is 1. The first-order valence-electron chi connectivity index (χ1n) is 6.47. The van der Waals surface area contributed by atoms with Crippen LogP contribution in [0.1, 0.15) is 0 Å². The molecule has 0 aliphatic rings. The van der Waals surface area contributed by atoms with Crippen molar-refractivity contribution in [3.05, 3.63) is 42.5 Å². The molecule has 1 heterocycles. The quantitative estimate of drug-likeness (QED) is 0.709. The fourth-order valence-corrected chi connectivity index (χ4v) is 1.57. The smallest absolute Gasteiger partial charge is 0.324 e. The molecular formula is C14H17N5O2. The normalized spacial score (nSPS) is 9.95. The van der Waals surface area contributed by atoms with Gasteiger partial charge in [-0.15, -0.1) is 10.2 Å². The summed E-state index contributed by atoms with van der Waals surface area (Å²) in [7, 11) is 1.63. The van der Waals surface area contributed by atoms with E-state index >= 15 is 0 Å². The van der Waals surface area contributed by atoms with E-state index in [0.717, 1.165) is 0 Å². The van der Waals surface area contributed by atoms with E-state index in [4.69, 9.17) is 4.74 Å². The number of aromatic nitrogens is 2. The molecule has 2 aromatic rings. The van der Waals surface area contributed by atoms with E-state index in [1.54, 1.807) is 31.4 Å². The highest BCUT2D eigenvalue weighted by Crippen LogP contribution is 2.08. The van der Waals surface area contributed by atoms with Crippen LogP contribution in [0.4, 0.5) is 22.1 Å². The molecule has 3 N–H and O–H groups in total. The van der Waals surface area contributed by atoms with Crippen molar-refractivity contribution in [2.45, 2.75) is 0 Å². The first kappa shape index (κ1) is 14.7. The minimum atomic E-state index is -0.365. The van der Waals surface area contributed by atoms with Gasteiger partial charge in [0.25, 0.3) is 0 Å². The molecule has 0 atom stereocenters. The molecule has 2 rings (SSSR count). The Bertz CT molecular complexity index is 559. The average Bonchev–Trinajstić information content (AvgIpc) is 2.50. The predicted octanol–water partition coefficient (Wildman–Crippen LogP) is 2.18. The Kier molecular flexibility index (Phi) is 5.48. The summed E-state index contributed by atoms with van der Waals surface area (Å²) in [4.78, 5) is 11.8. The van der Waals surface area contributed by atoms with Gasteiger partial charge in [-0.05, 0) is 24.3 Å². The van der Waals surface area contributed by atoms with E-state index in [9.17, 15) is 4.79 Å². The zero-order valence-electron chi connectivity index (χ0n) is 11.7. The van der Waals surface area contributed by atoms with E-state index in [-0.39, 0.29) is 6.03 Å². The van der Waals surface area contributed by atoms with Crippen LogP contribution in [-0.2, 0) is 4.74 Å².